The first-order chi connectivity index (χ1) is 9.18. The molecule has 0 amide bonds. The fraction of sp³-hybridized carbons (Fsp3) is 0.308. The number of H-pyrrole nitrogens is 1. The third kappa shape index (κ3) is 3.38. The monoisotopic (exact) mass is 260 g/mol. The summed E-state index contributed by atoms with van der Waals surface area (Å²) in [6.45, 7) is 2.66. The number of imidazole rings is 1. The molecule has 2 N–H and O–H groups in total. The zero-order valence-electron chi connectivity index (χ0n) is 10.7. The predicted octanol–water partition coefficient (Wildman–Crippen LogP) is 2.21. The van der Waals surface area contributed by atoms with Gasteiger partial charge in [0.15, 0.2) is 0 Å². The van der Waals surface area contributed by atoms with Gasteiger partial charge in [-0.05, 0) is 6.92 Å². The van der Waals surface area contributed by atoms with Crippen LogP contribution < -0.4 is 5.32 Å². The maximum atomic E-state index is 11.0. The van der Waals surface area contributed by atoms with E-state index >= 15 is 0 Å². The van der Waals surface area contributed by atoms with Crippen LogP contribution in [0.1, 0.15) is 24.2 Å². The van der Waals surface area contributed by atoms with Gasteiger partial charge in [-0.1, -0.05) is 18.2 Å². The van der Waals surface area contributed by atoms with Crippen molar-refractivity contribution < 1.29 is 4.92 Å². The summed E-state index contributed by atoms with van der Waals surface area (Å²) in [6, 6.07) is 6.74. The molecule has 0 aliphatic rings. The number of benzene rings is 1. The maximum absolute atomic E-state index is 11.0. The second-order valence-electron chi connectivity index (χ2n) is 4.32. The Morgan fingerprint density at radius 1 is 1.47 bits per heavy atom. The molecule has 0 saturated carbocycles. The van der Waals surface area contributed by atoms with E-state index < -0.39 is 0 Å². The number of nitro benzene ring substituents is 1. The molecule has 2 aromatic rings. The lowest BCUT2D eigenvalue weighted by Crippen LogP contribution is -2.22. The highest BCUT2D eigenvalue weighted by Gasteiger charge is 2.17. The van der Waals surface area contributed by atoms with Crippen LogP contribution in [0.2, 0.25) is 0 Å². The molecule has 0 saturated heterocycles. The average molecular weight is 260 g/mol. The zero-order valence-corrected chi connectivity index (χ0v) is 10.7. The molecule has 1 atom stereocenters. The van der Waals surface area contributed by atoms with Crippen molar-refractivity contribution in [3.63, 3.8) is 0 Å². The number of aromatic nitrogens is 2. The van der Waals surface area contributed by atoms with E-state index in [-0.39, 0.29) is 16.7 Å². The molecule has 6 heteroatoms. The molecule has 0 spiro atoms. The van der Waals surface area contributed by atoms with Gasteiger partial charge in [0, 0.05) is 42.5 Å². The van der Waals surface area contributed by atoms with Crippen LogP contribution in [0, 0.1) is 10.1 Å². The van der Waals surface area contributed by atoms with Crippen molar-refractivity contribution >= 4 is 5.69 Å². The molecule has 1 aromatic carbocycles. The van der Waals surface area contributed by atoms with Crippen LogP contribution in [0.4, 0.5) is 5.69 Å². The van der Waals surface area contributed by atoms with Gasteiger partial charge in [0.25, 0.3) is 5.69 Å². The van der Waals surface area contributed by atoms with Gasteiger partial charge >= 0.3 is 0 Å². The normalized spacial score (nSPS) is 12.3. The molecular formula is C13H16N4O2. The topological polar surface area (TPSA) is 83.8 Å². The first-order valence-corrected chi connectivity index (χ1v) is 6.12. The molecule has 2 rings (SSSR count). The number of nitrogens with zero attached hydrogens (tertiary/aromatic N) is 2. The highest BCUT2D eigenvalue weighted by atomic mass is 16.6. The van der Waals surface area contributed by atoms with Crippen molar-refractivity contribution in [3.05, 3.63) is 58.2 Å². The average Bonchev–Trinajstić information content (AvgIpc) is 2.91. The highest BCUT2D eigenvalue weighted by molar-refractivity contribution is 5.41. The summed E-state index contributed by atoms with van der Waals surface area (Å²) in [4.78, 5) is 17.6. The quantitative estimate of drug-likeness (QED) is 0.616. The predicted molar refractivity (Wildman–Crippen MR) is 71.8 cm³/mol. The first kappa shape index (κ1) is 13.2. The second-order valence-corrected chi connectivity index (χ2v) is 4.32. The van der Waals surface area contributed by atoms with Crippen LogP contribution in [0.5, 0.6) is 0 Å². The standard InChI is InChI=1S/C13H16N4O2/c1-10(15-7-6-11-8-14-9-16-11)12-4-2-3-5-13(12)17(18)19/h2-5,8-10,15H,6-7H2,1H3,(H,14,16). The Morgan fingerprint density at radius 3 is 2.95 bits per heavy atom. The van der Waals surface area contributed by atoms with E-state index in [0.29, 0.717) is 5.56 Å². The van der Waals surface area contributed by atoms with E-state index in [4.69, 9.17) is 0 Å². The summed E-state index contributed by atoms with van der Waals surface area (Å²) < 4.78 is 0. The van der Waals surface area contributed by atoms with Gasteiger partial charge < -0.3 is 10.3 Å². The Morgan fingerprint density at radius 2 is 2.26 bits per heavy atom. The summed E-state index contributed by atoms with van der Waals surface area (Å²) in [5.74, 6) is 0. The molecule has 6 nitrogen and oxygen atoms in total. The van der Waals surface area contributed by atoms with Gasteiger partial charge in [0.1, 0.15) is 0 Å². The molecule has 1 aromatic heterocycles. The van der Waals surface area contributed by atoms with Crippen LogP contribution in [-0.4, -0.2) is 21.4 Å². The van der Waals surface area contributed by atoms with Crippen molar-refractivity contribution in [3.8, 4) is 0 Å². The lowest BCUT2D eigenvalue weighted by molar-refractivity contribution is -0.385. The maximum Gasteiger partial charge on any atom is 0.274 e. The Kier molecular flexibility index (Phi) is 4.25. The first-order valence-electron chi connectivity index (χ1n) is 6.12. The molecule has 0 fully saturated rings. The minimum atomic E-state index is -0.345. The molecule has 1 heterocycles. The summed E-state index contributed by atoms with van der Waals surface area (Å²) in [5, 5.41) is 14.2. The van der Waals surface area contributed by atoms with Gasteiger partial charge in [-0.15, -0.1) is 0 Å². The van der Waals surface area contributed by atoms with E-state index in [1.54, 1.807) is 24.7 Å². The van der Waals surface area contributed by atoms with Crippen molar-refractivity contribution in [2.24, 2.45) is 0 Å². The SMILES string of the molecule is CC(NCCc1cnc[nH]1)c1ccccc1[N+](=O)[O-]. The molecule has 1 unspecified atom stereocenters. The molecule has 0 radical (unpaired) electrons. The number of hydrogen-bond donors (Lipinski definition) is 2. The van der Waals surface area contributed by atoms with Crippen LogP contribution in [-0.2, 0) is 6.42 Å². The smallest absolute Gasteiger partial charge is 0.274 e. The number of nitrogens with one attached hydrogen (secondary N) is 2. The van der Waals surface area contributed by atoms with E-state index in [0.717, 1.165) is 18.7 Å². The minimum Gasteiger partial charge on any atom is -0.348 e. The third-order valence-corrected chi connectivity index (χ3v) is 3.00. The van der Waals surface area contributed by atoms with Crippen LogP contribution >= 0.6 is 0 Å². The van der Waals surface area contributed by atoms with Crippen LogP contribution in [0.3, 0.4) is 0 Å². The molecule has 0 aliphatic carbocycles. The minimum absolute atomic E-state index is 0.0653. The number of hydrogen-bond acceptors (Lipinski definition) is 4. The van der Waals surface area contributed by atoms with Gasteiger partial charge in [0.2, 0.25) is 0 Å². The van der Waals surface area contributed by atoms with Gasteiger partial charge in [0.05, 0.1) is 11.3 Å². The fourth-order valence-electron chi connectivity index (χ4n) is 1.97. The third-order valence-electron chi connectivity index (χ3n) is 3.00. The van der Waals surface area contributed by atoms with E-state index in [1.165, 1.54) is 6.07 Å². The highest BCUT2D eigenvalue weighted by Crippen LogP contribution is 2.24. The molecular weight excluding hydrogens is 244 g/mol. The van der Waals surface area contributed by atoms with Crippen LogP contribution in [0.15, 0.2) is 36.8 Å². The number of para-hydroxylation sites is 1. The van der Waals surface area contributed by atoms with E-state index in [2.05, 4.69) is 15.3 Å². The summed E-state index contributed by atoms with van der Waals surface area (Å²) in [6.07, 6.45) is 4.23. The molecule has 0 bridgehead atoms. The summed E-state index contributed by atoms with van der Waals surface area (Å²) >= 11 is 0. The Labute approximate surface area is 111 Å². The Balaban J connectivity index is 1.96. The van der Waals surface area contributed by atoms with Gasteiger partial charge in [-0.2, -0.15) is 0 Å². The van der Waals surface area contributed by atoms with Crippen molar-refractivity contribution in [1.29, 1.82) is 0 Å². The zero-order chi connectivity index (χ0) is 13.7. The van der Waals surface area contributed by atoms with E-state index in [1.807, 2.05) is 13.0 Å². The van der Waals surface area contributed by atoms with Crippen molar-refractivity contribution in [1.82, 2.24) is 15.3 Å². The van der Waals surface area contributed by atoms with Crippen LogP contribution in [0.25, 0.3) is 0 Å². The number of aromatic amines is 1. The Hall–Kier alpha value is -2.21. The van der Waals surface area contributed by atoms with Gasteiger partial charge in [-0.25, -0.2) is 4.98 Å². The number of nitro groups is 1. The number of rotatable bonds is 6. The molecule has 0 aliphatic heterocycles. The Bertz CT molecular complexity index is 539. The summed E-state index contributed by atoms with van der Waals surface area (Å²) in [5.41, 5.74) is 1.91. The fourth-order valence-corrected chi connectivity index (χ4v) is 1.97. The molecule has 100 valence electrons. The molecule has 19 heavy (non-hydrogen) atoms. The van der Waals surface area contributed by atoms with Crippen molar-refractivity contribution in [2.45, 2.75) is 19.4 Å². The summed E-state index contributed by atoms with van der Waals surface area (Å²) in [7, 11) is 0. The lowest BCUT2D eigenvalue weighted by atomic mass is 10.1. The van der Waals surface area contributed by atoms with Gasteiger partial charge in [-0.3, -0.25) is 10.1 Å². The van der Waals surface area contributed by atoms with E-state index in [9.17, 15) is 10.1 Å². The lowest BCUT2D eigenvalue weighted by Gasteiger charge is -2.13. The second kappa shape index (κ2) is 6.10. The largest absolute Gasteiger partial charge is 0.348 e. The van der Waals surface area contributed by atoms with Crippen molar-refractivity contribution in [2.75, 3.05) is 6.54 Å².